The average Bonchev–Trinajstić information content (AvgIpc) is 3.22. The molecule has 0 bridgehead atoms. The molecule has 4 rings (SSSR count). The van der Waals surface area contributed by atoms with Gasteiger partial charge >= 0.3 is 0 Å². The van der Waals surface area contributed by atoms with E-state index in [9.17, 15) is 0 Å². The number of hydrogen-bond acceptors (Lipinski definition) is 6. The Labute approximate surface area is 163 Å². The molecular formula is C22H20N4O2. The highest BCUT2D eigenvalue weighted by atomic mass is 16.5. The topological polar surface area (TPSA) is 79.2 Å². The molecule has 28 heavy (non-hydrogen) atoms. The summed E-state index contributed by atoms with van der Waals surface area (Å²) in [6.45, 7) is 1.17. The van der Waals surface area contributed by atoms with Crippen molar-refractivity contribution in [3.8, 4) is 17.6 Å². The quantitative estimate of drug-likeness (QED) is 0.692. The van der Waals surface area contributed by atoms with Crippen molar-refractivity contribution in [1.82, 2.24) is 15.8 Å². The second kappa shape index (κ2) is 8.53. The Morgan fingerprint density at radius 2 is 1.86 bits per heavy atom. The Morgan fingerprint density at radius 1 is 1.04 bits per heavy atom. The molecule has 0 aliphatic carbocycles. The van der Waals surface area contributed by atoms with Gasteiger partial charge in [-0.15, -0.1) is 0 Å². The minimum atomic E-state index is -0.0802. The highest BCUT2D eigenvalue weighted by Gasteiger charge is 2.30. The lowest BCUT2D eigenvalue weighted by Gasteiger charge is -2.21. The molecule has 1 aliphatic rings. The smallest absolute Gasteiger partial charge is 0.133 e. The van der Waals surface area contributed by atoms with Crippen LogP contribution in [0.3, 0.4) is 0 Å². The van der Waals surface area contributed by atoms with Gasteiger partial charge in [0.2, 0.25) is 0 Å². The first-order valence-electron chi connectivity index (χ1n) is 9.09. The monoisotopic (exact) mass is 372 g/mol. The fourth-order valence-electron chi connectivity index (χ4n) is 3.11. The highest BCUT2D eigenvalue weighted by Crippen LogP contribution is 2.27. The van der Waals surface area contributed by atoms with Crippen molar-refractivity contribution in [1.29, 1.82) is 5.26 Å². The van der Waals surface area contributed by atoms with Crippen molar-refractivity contribution in [2.24, 2.45) is 0 Å². The molecule has 0 amide bonds. The molecule has 2 atom stereocenters. The third-order valence-corrected chi connectivity index (χ3v) is 4.58. The standard InChI is InChI=1S/C22H20N4O2/c23-13-16-4-6-19(7-5-16)28-21-14-25-26-22(21)18-2-1-3-20(12-18)27-15-17-8-10-24-11-9-17/h1-12,21-22,25-26H,14-15H2. The van der Waals surface area contributed by atoms with E-state index in [0.717, 1.165) is 22.6 Å². The molecule has 2 N–H and O–H groups in total. The predicted molar refractivity (Wildman–Crippen MR) is 104 cm³/mol. The van der Waals surface area contributed by atoms with Crippen molar-refractivity contribution in [3.05, 3.63) is 89.7 Å². The molecule has 1 aromatic heterocycles. The zero-order valence-electron chi connectivity index (χ0n) is 15.2. The van der Waals surface area contributed by atoms with Crippen molar-refractivity contribution in [2.75, 3.05) is 6.54 Å². The van der Waals surface area contributed by atoms with Gasteiger partial charge in [-0.1, -0.05) is 12.1 Å². The first-order valence-corrected chi connectivity index (χ1v) is 9.09. The van der Waals surface area contributed by atoms with Gasteiger partial charge in [-0.3, -0.25) is 10.4 Å². The molecule has 0 radical (unpaired) electrons. The van der Waals surface area contributed by atoms with Crippen LogP contribution in [0.1, 0.15) is 22.7 Å². The van der Waals surface area contributed by atoms with Crippen LogP contribution in [0.15, 0.2) is 73.1 Å². The first-order chi connectivity index (χ1) is 13.8. The van der Waals surface area contributed by atoms with E-state index < -0.39 is 0 Å². The number of rotatable bonds is 6. The third-order valence-electron chi connectivity index (χ3n) is 4.58. The van der Waals surface area contributed by atoms with Gasteiger partial charge in [0.1, 0.15) is 24.2 Å². The molecule has 3 aromatic rings. The van der Waals surface area contributed by atoms with Crippen LogP contribution in [-0.4, -0.2) is 17.6 Å². The minimum absolute atomic E-state index is 0.0138. The fraction of sp³-hybridized carbons (Fsp3) is 0.182. The second-order valence-electron chi connectivity index (χ2n) is 6.51. The SMILES string of the molecule is N#Cc1ccc(OC2CNNC2c2cccc(OCc3ccncc3)c2)cc1. The highest BCUT2D eigenvalue weighted by molar-refractivity contribution is 5.36. The van der Waals surface area contributed by atoms with Crippen LogP contribution in [0.4, 0.5) is 0 Å². The third kappa shape index (κ3) is 4.29. The molecule has 1 saturated heterocycles. The molecule has 0 saturated carbocycles. The van der Waals surface area contributed by atoms with Crippen LogP contribution in [0, 0.1) is 11.3 Å². The van der Waals surface area contributed by atoms with Gasteiger partial charge in [0.25, 0.3) is 0 Å². The Balaban J connectivity index is 1.44. The van der Waals surface area contributed by atoms with E-state index >= 15 is 0 Å². The van der Waals surface area contributed by atoms with Crippen LogP contribution < -0.4 is 20.3 Å². The van der Waals surface area contributed by atoms with E-state index in [4.69, 9.17) is 14.7 Å². The molecule has 140 valence electrons. The van der Waals surface area contributed by atoms with Crippen LogP contribution in [0.5, 0.6) is 11.5 Å². The Bertz CT molecular complexity index is 954. The molecule has 0 spiro atoms. The molecule has 2 unspecified atom stereocenters. The van der Waals surface area contributed by atoms with Gasteiger partial charge in [0.15, 0.2) is 0 Å². The van der Waals surface area contributed by atoms with E-state index in [2.05, 4.69) is 28.0 Å². The molecule has 1 aliphatic heterocycles. The van der Waals surface area contributed by atoms with E-state index in [0.29, 0.717) is 18.7 Å². The minimum Gasteiger partial charge on any atom is -0.489 e. The number of ether oxygens (including phenoxy) is 2. The molecule has 6 heteroatoms. The maximum atomic E-state index is 8.92. The summed E-state index contributed by atoms with van der Waals surface area (Å²) in [6.07, 6.45) is 3.44. The number of nitrogens with one attached hydrogen (secondary N) is 2. The zero-order valence-corrected chi connectivity index (χ0v) is 15.2. The maximum Gasteiger partial charge on any atom is 0.133 e. The summed E-state index contributed by atoms with van der Waals surface area (Å²) in [4.78, 5) is 4.02. The van der Waals surface area contributed by atoms with Crippen LogP contribution in [0.2, 0.25) is 0 Å². The molecule has 1 fully saturated rings. The fourth-order valence-corrected chi connectivity index (χ4v) is 3.11. The summed E-state index contributed by atoms with van der Waals surface area (Å²) in [6, 6.07) is 21.1. The van der Waals surface area contributed by atoms with Crippen LogP contribution in [-0.2, 0) is 6.61 Å². The number of nitriles is 1. The van der Waals surface area contributed by atoms with Gasteiger partial charge in [-0.05, 0) is 59.7 Å². The number of benzene rings is 2. The van der Waals surface area contributed by atoms with Crippen LogP contribution >= 0.6 is 0 Å². The molecular weight excluding hydrogens is 352 g/mol. The van der Waals surface area contributed by atoms with Gasteiger partial charge in [-0.25, -0.2) is 5.43 Å². The van der Waals surface area contributed by atoms with Gasteiger partial charge in [-0.2, -0.15) is 5.26 Å². The number of hydrazine groups is 1. The van der Waals surface area contributed by atoms with E-state index in [1.54, 1.807) is 24.5 Å². The van der Waals surface area contributed by atoms with Gasteiger partial charge < -0.3 is 9.47 Å². The summed E-state index contributed by atoms with van der Waals surface area (Å²) >= 11 is 0. The van der Waals surface area contributed by atoms with Crippen molar-refractivity contribution < 1.29 is 9.47 Å². The summed E-state index contributed by atoms with van der Waals surface area (Å²) in [7, 11) is 0. The second-order valence-corrected chi connectivity index (χ2v) is 6.51. The largest absolute Gasteiger partial charge is 0.489 e. The molecule has 2 aromatic carbocycles. The maximum absolute atomic E-state index is 8.92. The molecule has 6 nitrogen and oxygen atoms in total. The summed E-state index contributed by atoms with van der Waals surface area (Å²) in [5.41, 5.74) is 9.21. The Kier molecular flexibility index (Phi) is 5.48. The average molecular weight is 372 g/mol. The normalized spacial score (nSPS) is 18.4. The van der Waals surface area contributed by atoms with Crippen molar-refractivity contribution in [3.63, 3.8) is 0 Å². The van der Waals surface area contributed by atoms with E-state index in [1.165, 1.54) is 0 Å². The number of hydrogen-bond donors (Lipinski definition) is 2. The summed E-state index contributed by atoms with van der Waals surface area (Å²) in [5, 5.41) is 8.92. The summed E-state index contributed by atoms with van der Waals surface area (Å²) < 4.78 is 12.1. The number of pyridine rings is 1. The lowest BCUT2D eigenvalue weighted by Crippen LogP contribution is -2.27. The predicted octanol–water partition coefficient (Wildman–Crippen LogP) is 3.13. The molecule has 2 heterocycles. The van der Waals surface area contributed by atoms with Crippen LogP contribution in [0.25, 0.3) is 0 Å². The van der Waals surface area contributed by atoms with Crippen molar-refractivity contribution in [2.45, 2.75) is 18.8 Å². The lowest BCUT2D eigenvalue weighted by atomic mass is 10.0. The van der Waals surface area contributed by atoms with E-state index in [-0.39, 0.29) is 12.1 Å². The Morgan fingerprint density at radius 3 is 2.64 bits per heavy atom. The van der Waals surface area contributed by atoms with Gasteiger partial charge in [0.05, 0.1) is 17.7 Å². The first kappa shape index (κ1) is 18.0. The summed E-state index contributed by atoms with van der Waals surface area (Å²) in [5.74, 6) is 1.55. The van der Waals surface area contributed by atoms with E-state index in [1.807, 2.05) is 42.5 Å². The van der Waals surface area contributed by atoms with Gasteiger partial charge in [0, 0.05) is 18.9 Å². The lowest BCUT2D eigenvalue weighted by molar-refractivity contribution is 0.197. The number of aromatic nitrogens is 1. The van der Waals surface area contributed by atoms with Crippen molar-refractivity contribution >= 4 is 0 Å². The number of nitrogens with zero attached hydrogens (tertiary/aromatic N) is 2. The Hall–Kier alpha value is -3.40. The zero-order chi connectivity index (χ0) is 19.2.